The van der Waals surface area contributed by atoms with E-state index in [1.807, 2.05) is 42.4 Å². The largest absolute Gasteiger partial charge is 0.368 e. The quantitative estimate of drug-likeness (QED) is 0.379. The van der Waals surface area contributed by atoms with Gasteiger partial charge in [0.05, 0.1) is 5.69 Å². The summed E-state index contributed by atoms with van der Waals surface area (Å²) >= 11 is 0. The van der Waals surface area contributed by atoms with Crippen molar-refractivity contribution in [1.82, 2.24) is 29.6 Å². The second-order valence-corrected chi connectivity index (χ2v) is 8.98. The predicted molar refractivity (Wildman–Crippen MR) is 140 cm³/mol. The molecule has 1 fully saturated rings. The maximum Gasteiger partial charge on any atom is 0.274 e. The number of anilines is 3. The van der Waals surface area contributed by atoms with Gasteiger partial charge >= 0.3 is 0 Å². The van der Waals surface area contributed by atoms with Crippen molar-refractivity contribution < 1.29 is 9.18 Å². The molecule has 1 amide bonds. The van der Waals surface area contributed by atoms with Crippen LogP contribution in [0.15, 0.2) is 73.2 Å². The number of hydrogen-bond donors (Lipinski definition) is 2. The summed E-state index contributed by atoms with van der Waals surface area (Å²) in [7, 11) is 1.81. The number of halogens is 1. The van der Waals surface area contributed by atoms with Crippen LogP contribution in [-0.4, -0.2) is 61.7 Å². The lowest BCUT2D eigenvalue weighted by Crippen LogP contribution is -2.48. The number of piperazine rings is 1. The molecule has 5 aromatic rings. The third-order valence-electron chi connectivity index (χ3n) is 6.56. The molecule has 9 nitrogen and oxygen atoms in total. The van der Waals surface area contributed by atoms with Crippen LogP contribution in [0.3, 0.4) is 0 Å². The van der Waals surface area contributed by atoms with E-state index in [9.17, 15) is 9.18 Å². The Morgan fingerprint density at radius 2 is 1.84 bits per heavy atom. The van der Waals surface area contributed by atoms with Crippen LogP contribution in [-0.2, 0) is 7.05 Å². The Kier molecular flexibility index (Phi) is 5.76. The predicted octanol–water partition coefficient (Wildman–Crippen LogP) is 4.20. The average molecular weight is 497 g/mol. The normalized spacial score (nSPS) is 13.8. The van der Waals surface area contributed by atoms with Crippen LogP contribution in [0.5, 0.6) is 0 Å². The van der Waals surface area contributed by atoms with Crippen molar-refractivity contribution in [2.75, 3.05) is 36.4 Å². The number of rotatable bonds is 5. The number of amides is 1. The smallest absolute Gasteiger partial charge is 0.274 e. The molecule has 3 aromatic heterocycles. The van der Waals surface area contributed by atoms with Gasteiger partial charge in [0.2, 0.25) is 5.95 Å². The van der Waals surface area contributed by atoms with E-state index in [2.05, 4.69) is 30.3 Å². The van der Waals surface area contributed by atoms with Crippen LogP contribution in [0.4, 0.5) is 21.7 Å². The Bertz CT molecular complexity index is 1570. The molecule has 1 aliphatic rings. The summed E-state index contributed by atoms with van der Waals surface area (Å²) in [5, 5.41) is 8.25. The number of nitrogens with zero attached hydrogens (tertiary/aromatic N) is 6. The third kappa shape index (κ3) is 4.61. The fraction of sp³-hybridized carbons (Fsp3) is 0.185. The van der Waals surface area contributed by atoms with E-state index in [4.69, 9.17) is 0 Å². The molecule has 37 heavy (non-hydrogen) atoms. The first-order valence-corrected chi connectivity index (χ1v) is 12.0. The summed E-state index contributed by atoms with van der Waals surface area (Å²) in [6, 6.07) is 16.3. The highest BCUT2D eigenvalue weighted by atomic mass is 19.1. The zero-order valence-electron chi connectivity index (χ0n) is 20.2. The Labute approximate surface area is 212 Å². The number of H-pyrrole nitrogens is 1. The van der Waals surface area contributed by atoms with Crippen molar-refractivity contribution in [1.29, 1.82) is 0 Å². The molecule has 0 radical (unpaired) electrons. The average Bonchev–Trinajstić information content (AvgIpc) is 3.55. The Morgan fingerprint density at radius 1 is 1.03 bits per heavy atom. The molecule has 1 aliphatic heterocycles. The van der Waals surface area contributed by atoms with Gasteiger partial charge in [-0.15, -0.1) is 0 Å². The van der Waals surface area contributed by atoms with Crippen molar-refractivity contribution in [2.45, 2.75) is 0 Å². The molecule has 0 atom stereocenters. The number of aryl methyl sites for hydroxylation is 1. The van der Waals surface area contributed by atoms with E-state index in [0.29, 0.717) is 30.4 Å². The van der Waals surface area contributed by atoms with Crippen LogP contribution in [0.1, 0.15) is 10.5 Å². The van der Waals surface area contributed by atoms with E-state index >= 15 is 0 Å². The van der Waals surface area contributed by atoms with Gasteiger partial charge in [0.15, 0.2) is 0 Å². The maximum absolute atomic E-state index is 13.8. The van der Waals surface area contributed by atoms with Crippen LogP contribution in [0.2, 0.25) is 0 Å². The van der Waals surface area contributed by atoms with Crippen molar-refractivity contribution >= 4 is 34.1 Å². The highest BCUT2D eigenvalue weighted by Crippen LogP contribution is 2.29. The molecule has 0 spiro atoms. The maximum atomic E-state index is 13.8. The molecule has 1 saturated heterocycles. The van der Waals surface area contributed by atoms with E-state index in [0.717, 1.165) is 40.9 Å². The molecular weight excluding hydrogens is 471 g/mol. The van der Waals surface area contributed by atoms with Gasteiger partial charge in [-0.3, -0.25) is 9.48 Å². The number of benzene rings is 2. The molecule has 0 unspecified atom stereocenters. The Morgan fingerprint density at radius 3 is 2.59 bits per heavy atom. The second kappa shape index (κ2) is 9.38. The molecule has 0 bridgehead atoms. The number of aromatic amines is 1. The Balaban J connectivity index is 1.11. The molecule has 0 aliphatic carbocycles. The minimum atomic E-state index is -0.290. The SMILES string of the molecule is Cn1ccc(C(=O)N2CCN(c3ccc(Nc4nccc(-c5c[nH]c6ccc(F)cc56)n4)cc3)CC2)n1. The van der Waals surface area contributed by atoms with Crippen molar-refractivity contribution in [3.63, 3.8) is 0 Å². The number of carbonyl (C=O) groups is 1. The molecule has 2 N–H and O–H groups in total. The number of carbonyl (C=O) groups excluding carboxylic acids is 1. The van der Waals surface area contributed by atoms with Crippen LogP contribution >= 0.6 is 0 Å². The van der Waals surface area contributed by atoms with E-state index in [1.54, 1.807) is 35.3 Å². The fourth-order valence-corrected chi connectivity index (χ4v) is 4.62. The molecule has 186 valence electrons. The molecule has 4 heterocycles. The monoisotopic (exact) mass is 496 g/mol. The molecule has 2 aromatic carbocycles. The van der Waals surface area contributed by atoms with Gasteiger partial charge < -0.3 is 20.1 Å². The number of fused-ring (bicyclic) bond motifs is 1. The Hall–Kier alpha value is -4.73. The lowest BCUT2D eigenvalue weighted by Gasteiger charge is -2.35. The number of hydrogen-bond acceptors (Lipinski definition) is 6. The number of aromatic nitrogens is 5. The first kappa shape index (κ1) is 22.7. The van der Waals surface area contributed by atoms with E-state index in [1.165, 1.54) is 12.1 Å². The highest BCUT2D eigenvalue weighted by Gasteiger charge is 2.23. The summed E-state index contributed by atoms with van der Waals surface area (Å²) in [6.45, 7) is 2.80. The molecular formula is C27H25FN8O. The summed E-state index contributed by atoms with van der Waals surface area (Å²) in [5.41, 5.74) is 4.79. The molecule has 10 heteroatoms. The van der Waals surface area contributed by atoms with Gasteiger partial charge in [0, 0.05) is 79.7 Å². The van der Waals surface area contributed by atoms with Crippen molar-refractivity contribution in [2.24, 2.45) is 7.05 Å². The lowest BCUT2D eigenvalue weighted by molar-refractivity contribution is 0.0740. The van der Waals surface area contributed by atoms with Crippen LogP contribution in [0.25, 0.3) is 22.2 Å². The highest BCUT2D eigenvalue weighted by molar-refractivity contribution is 5.94. The van der Waals surface area contributed by atoms with Gasteiger partial charge in [-0.1, -0.05) is 0 Å². The minimum absolute atomic E-state index is 0.0280. The van der Waals surface area contributed by atoms with Gasteiger partial charge in [-0.25, -0.2) is 14.4 Å². The minimum Gasteiger partial charge on any atom is -0.368 e. The lowest BCUT2D eigenvalue weighted by atomic mass is 10.1. The number of nitrogens with one attached hydrogen (secondary N) is 2. The standard InChI is InChI=1S/C27H25FN8O/c1-34-11-9-25(33-34)26(37)36-14-12-35(13-15-36)20-5-3-19(4-6-20)31-27-29-10-8-24(32-27)22-17-30-23-7-2-18(28)16-21(22)23/h2-11,16-17,30H,12-15H2,1H3,(H,29,31,32). The topological polar surface area (TPSA) is 95.0 Å². The fourth-order valence-electron chi connectivity index (χ4n) is 4.62. The van der Waals surface area contributed by atoms with Gasteiger partial charge in [0.1, 0.15) is 11.5 Å². The van der Waals surface area contributed by atoms with Crippen LogP contribution < -0.4 is 10.2 Å². The van der Waals surface area contributed by atoms with Crippen LogP contribution in [0, 0.1) is 5.82 Å². The summed E-state index contributed by atoms with van der Waals surface area (Å²) in [6.07, 6.45) is 5.29. The molecule has 0 saturated carbocycles. The van der Waals surface area contributed by atoms with E-state index in [-0.39, 0.29) is 11.7 Å². The first-order valence-electron chi connectivity index (χ1n) is 12.0. The first-order chi connectivity index (χ1) is 18.0. The van der Waals surface area contributed by atoms with Crippen molar-refractivity contribution in [3.05, 3.63) is 84.7 Å². The van der Waals surface area contributed by atoms with Gasteiger partial charge in [-0.2, -0.15) is 5.10 Å². The zero-order valence-corrected chi connectivity index (χ0v) is 20.2. The summed E-state index contributed by atoms with van der Waals surface area (Å²) in [5.74, 6) is 0.138. The second-order valence-electron chi connectivity index (χ2n) is 8.98. The summed E-state index contributed by atoms with van der Waals surface area (Å²) in [4.78, 5) is 28.9. The summed E-state index contributed by atoms with van der Waals surface area (Å²) < 4.78 is 15.4. The van der Waals surface area contributed by atoms with E-state index < -0.39 is 0 Å². The third-order valence-corrected chi connectivity index (χ3v) is 6.56. The van der Waals surface area contributed by atoms with Gasteiger partial charge in [0.25, 0.3) is 5.91 Å². The molecule has 6 rings (SSSR count). The van der Waals surface area contributed by atoms with Gasteiger partial charge in [-0.05, 0) is 54.6 Å². The zero-order chi connectivity index (χ0) is 25.4. The van der Waals surface area contributed by atoms with Crippen molar-refractivity contribution in [3.8, 4) is 11.3 Å².